The molecule has 0 saturated heterocycles. The Hall–Kier alpha value is -0.610. The van der Waals surface area contributed by atoms with Crippen LogP contribution in [0.5, 0.6) is 0 Å². The Kier molecular flexibility index (Phi) is 8.33. The van der Waals surface area contributed by atoms with Crippen molar-refractivity contribution in [2.24, 2.45) is 11.8 Å². The van der Waals surface area contributed by atoms with Gasteiger partial charge in [0.05, 0.1) is 0 Å². The molecule has 15 heavy (non-hydrogen) atoms. The maximum atomic E-state index is 11.5. The monoisotopic (exact) mass is 216 g/mol. The number of nitrogens with one attached hydrogen (secondary N) is 2. The zero-order chi connectivity index (χ0) is 11.7. The van der Waals surface area contributed by atoms with Gasteiger partial charge in [-0.3, -0.25) is 4.79 Å². The minimum atomic E-state index is 0.00581. The summed E-state index contributed by atoms with van der Waals surface area (Å²) in [5.41, 5.74) is 0. The second-order valence-electron chi connectivity index (χ2n) is 4.07. The average Bonchev–Trinajstić information content (AvgIpc) is 2.22. The second kappa shape index (κ2) is 8.68. The van der Waals surface area contributed by atoms with Crippen molar-refractivity contribution in [1.82, 2.24) is 10.6 Å². The summed E-state index contributed by atoms with van der Waals surface area (Å²) in [4.78, 5) is 11.5. The topological polar surface area (TPSA) is 61.4 Å². The van der Waals surface area contributed by atoms with Gasteiger partial charge in [-0.15, -0.1) is 0 Å². The molecule has 0 rings (SSSR count). The molecular formula is C11H24N2O2. The Balaban J connectivity index is 3.63. The van der Waals surface area contributed by atoms with E-state index in [4.69, 9.17) is 5.11 Å². The van der Waals surface area contributed by atoms with Gasteiger partial charge in [0.1, 0.15) is 0 Å². The summed E-state index contributed by atoms with van der Waals surface area (Å²) in [5, 5.41) is 14.7. The molecule has 0 aliphatic heterocycles. The van der Waals surface area contributed by atoms with Gasteiger partial charge >= 0.3 is 0 Å². The molecule has 0 spiro atoms. The van der Waals surface area contributed by atoms with E-state index in [-0.39, 0.29) is 18.4 Å². The molecule has 2 atom stereocenters. The van der Waals surface area contributed by atoms with Crippen molar-refractivity contribution in [2.75, 3.05) is 26.2 Å². The van der Waals surface area contributed by atoms with E-state index in [1.54, 1.807) is 0 Å². The van der Waals surface area contributed by atoms with Gasteiger partial charge in [-0.1, -0.05) is 20.8 Å². The van der Waals surface area contributed by atoms with Crippen LogP contribution in [0.15, 0.2) is 0 Å². The van der Waals surface area contributed by atoms with Crippen molar-refractivity contribution in [3.63, 3.8) is 0 Å². The Morgan fingerprint density at radius 2 is 2.00 bits per heavy atom. The highest BCUT2D eigenvalue weighted by Gasteiger charge is 2.12. The molecule has 0 saturated carbocycles. The third-order valence-corrected chi connectivity index (χ3v) is 2.39. The highest BCUT2D eigenvalue weighted by Crippen LogP contribution is 1.99. The van der Waals surface area contributed by atoms with Crippen LogP contribution in [-0.2, 0) is 4.79 Å². The molecule has 4 nitrogen and oxygen atoms in total. The van der Waals surface area contributed by atoms with E-state index >= 15 is 0 Å². The molecule has 90 valence electrons. The fraction of sp³-hybridized carbons (Fsp3) is 0.909. The van der Waals surface area contributed by atoms with Gasteiger partial charge in [0.15, 0.2) is 0 Å². The number of carbonyl (C=O) groups is 1. The predicted molar refractivity (Wildman–Crippen MR) is 61.6 cm³/mol. The summed E-state index contributed by atoms with van der Waals surface area (Å²) in [6, 6.07) is 0. The molecule has 0 aromatic rings. The molecule has 0 aliphatic rings. The van der Waals surface area contributed by atoms with E-state index in [1.165, 1.54) is 0 Å². The molecule has 0 heterocycles. The highest BCUT2D eigenvalue weighted by molar-refractivity contribution is 5.78. The standard InChI is InChI=1S/C11H24N2O2/c1-4-12-8-10(3)11(15)13-7-9(2)5-6-14/h9-10,12,14H,4-8H2,1-3H3,(H,13,15). The molecule has 1 amide bonds. The van der Waals surface area contributed by atoms with Crippen molar-refractivity contribution in [3.8, 4) is 0 Å². The lowest BCUT2D eigenvalue weighted by Gasteiger charge is -2.15. The minimum absolute atomic E-state index is 0.00581. The third-order valence-electron chi connectivity index (χ3n) is 2.39. The smallest absolute Gasteiger partial charge is 0.224 e. The quantitative estimate of drug-likeness (QED) is 0.549. The number of amides is 1. The number of hydrogen-bond donors (Lipinski definition) is 3. The zero-order valence-corrected chi connectivity index (χ0v) is 10.0. The summed E-state index contributed by atoms with van der Waals surface area (Å²) in [7, 11) is 0. The molecular weight excluding hydrogens is 192 g/mol. The Bertz CT molecular complexity index is 174. The van der Waals surface area contributed by atoms with Crippen LogP contribution in [0.3, 0.4) is 0 Å². The highest BCUT2D eigenvalue weighted by atomic mass is 16.3. The fourth-order valence-electron chi connectivity index (χ4n) is 1.23. The number of aliphatic hydroxyl groups is 1. The zero-order valence-electron chi connectivity index (χ0n) is 10.0. The minimum Gasteiger partial charge on any atom is -0.396 e. The van der Waals surface area contributed by atoms with Crippen molar-refractivity contribution in [3.05, 3.63) is 0 Å². The van der Waals surface area contributed by atoms with Crippen LogP contribution in [0.2, 0.25) is 0 Å². The van der Waals surface area contributed by atoms with Crippen molar-refractivity contribution in [2.45, 2.75) is 27.2 Å². The largest absolute Gasteiger partial charge is 0.396 e. The van der Waals surface area contributed by atoms with Crippen LogP contribution in [0.4, 0.5) is 0 Å². The third kappa shape index (κ3) is 7.33. The van der Waals surface area contributed by atoms with Gasteiger partial charge in [-0.2, -0.15) is 0 Å². The van der Waals surface area contributed by atoms with Crippen LogP contribution >= 0.6 is 0 Å². The van der Waals surface area contributed by atoms with Gasteiger partial charge in [0.25, 0.3) is 0 Å². The van der Waals surface area contributed by atoms with E-state index < -0.39 is 0 Å². The van der Waals surface area contributed by atoms with Gasteiger partial charge in [0.2, 0.25) is 5.91 Å². The van der Waals surface area contributed by atoms with E-state index in [0.717, 1.165) is 19.5 Å². The Labute approximate surface area is 92.4 Å². The lowest BCUT2D eigenvalue weighted by Crippen LogP contribution is -2.37. The van der Waals surface area contributed by atoms with Gasteiger partial charge < -0.3 is 15.7 Å². The number of rotatable bonds is 8. The number of carbonyl (C=O) groups excluding carboxylic acids is 1. The van der Waals surface area contributed by atoms with E-state index in [9.17, 15) is 4.79 Å². The summed E-state index contributed by atoms with van der Waals surface area (Å²) in [6.07, 6.45) is 0.738. The Morgan fingerprint density at radius 3 is 2.53 bits per heavy atom. The van der Waals surface area contributed by atoms with Crippen molar-refractivity contribution < 1.29 is 9.90 Å². The van der Waals surface area contributed by atoms with E-state index in [2.05, 4.69) is 10.6 Å². The second-order valence-corrected chi connectivity index (χ2v) is 4.07. The predicted octanol–water partition coefficient (Wildman–Crippen LogP) is 0.367. The fourth-order valence-corrected chi connectivity index (χ4v) is 1.23. The van der Waals surface area contributed by atoms with Crippen molar-refractivity contribution >= 4 is 5.91 Å². The van der Waals surface area contributed by atoms with Gasteiger partial charge in [0, 0.05) is 25.6 Å². The van der Waals surface area contributed by atoms with E-state index in [1.807, 2.05) is 20.8 Å². The summed E-state index contributed by atoms with van der Waals surface area (Å²) < 4.78 is 0. The molecule has 4 heteroatoms. The van der Waals surface area contributed by atoms with Gasteiger partial charge in [-0.25, -0.2) is 0 Å². The molecule has 2 unspecified atom stereocenters. The molecule has 0 radical (unpaired) electrons. The SMILES string of the molecule is CCNCC(C)C(=O)NCC(C)CCO. The summed E-state index contributed by atoms with van der Waals surface area (Å²) >= 11 is 0. The summed E-state index contributed by atoms with van der Waals surface area (Å²) in [5.74, 6) is 0.428. The summed E-state index contributed by atoms with van der Waals surface area (Å²) in [6.45, 7) is 8.39. The first-order valence-corrected chi connectivity index (χ1v) is 5.71. The van der Waals surface area contributed by atoms with Crippen LogP contribution in [0.1, 0.15) is 27.2 Å². The van der Waals surface area contributed by atoms with Crippen LogP contribution in [0.25, 0.3) is 0 Å². The molecule has 0 fully saturated rings. The molecule has 0 bridgehead atoms. The molecule has 3 N–H and O–H groups in total. The number of aliphatic hydroxyl groups excluding tert-OH is 1. The first kappa shape index (κ1) is 14.4. The van der Waals surface area contributed by atoms with Crippen molar-refractivity contribution in [1.29, 1.82) is 0 Å². The normalized spacial score (nSPS) is 14.7. The molecule has 0 aliphatic carbocycles. The number of hydrogen-bond acceptors (Lipinski definition) is 3. The van der Waals surface area contributed by atoms with Crippen LogP contribution in [0, 0.1) is 11.8 Å². The van der Waals surface area contributed by atoms with Gasteiger partial charge in [-0.05, 0) is 18.9 Å². The Morgan fingerprint density at radius 1 is 1.33 bits per heavy atom. The lowest BCUT2D eigenvalue weighted by atomic mass is 10.1. The maximum absolute atomic E-state index is 11.5. The van der Waals surface area contributed by atoms with E-state index in [0.29, 0.717) is 12.5 Å². The molecule has 0 aromatic carbocycles. The van der Waals surface area contributed by atoms with Crippen LogP contribution in [-0.4, -0.2) is 37.3 Å². The maximum Gasteiger partial charge on any atom is 0.224 e. The molecule has 0 aromatic heterocycles. The van der Waals surface area contributed by atoms with Crippen LogP contribution < -0.4 is 10.6 Å². The lowest BCUT2D eigenvalue weighted by molar-refractivity contribution is -0.124. The average molecular weight is 216 g/mol. The first-order chi connectivity index (χ1) is 7.11. The first-order valence-electron chi connectivity index (χ1n) is 5.71.